The molecule has 7 heteroatoms. The lowest BCUT2D eigenvalue weighted by Crippen LogP contribution is -2.46. The first-order valence-electron chi connectivity index (χ1n) is 9.06. The number of nitrogens with two attached hydrogens (primary N) is 1. The van der Waals surface area contributed by atoms with Gasteiger partial charge in [0.15, 0.2) is 0 Å². The summed E-state index contributed by atoms with van der Waals surface area (Å²) in [5, 5.41) is 5.31. The van der Waals surface area contributed by atoms with Gasteiger partial charge in [-0.25, -0.2) is 0 Å². The molecule has 2 rings (SSSR count). The Balaban J connectivity index is 0.00000392. The summed E-state index contributed by atoms with van der Waals surface area (Å²) in [6.07, 6.45) is 0.770. The molecule has 0 aliphatic carbocycles. The molecule has 4 N–H and O–H groups in total. The molecule has 0 spiro atoms. The van der Waals surface area contributed by atoms with Crippen molar-refractivity contribution in [3.63, 3.8) is 0 Å². The summed E-state index contributed by atoms with van der Waals surface area (Å²) in [6.45, 7) is 4.06. The second kappa shape index (κ2) is 12.0. The molecule has 0 bridgehead atoms. The van der Waals surface area contributed by atoms with Crippen LogP contribution in [0.15, 0.2) is 54.6 Å². The van der Waals surface area contributed by atoms with Gasteiger partial charge in [0.1, 0.15) is 5.75 Å². The van der Waals surface area contributed by atoms with Gasteiger partial charge < -0.3 is 21.1 Å². The Labute approximate surface area is 172 Å². The zero-order valence-electron chi connectivity index (χ0n) is 16.2. The summed E-state index contributed by atoms with van der Waals surface area (Å²) in [4.78, 5) is 24.0. The van der Waals surface area contributed by atoms with E-state index in [1.165, 1.54) is 5.56 Å². The number of carbonyl (C=O) groups excluding carboxylic acids is 2. The monoisotopic (exact) mass is 405 g/mol. The van der Waals surface area contributed by atoms with Crippen molar-refractivity contribution in [1.82, 2.24) is 5.32 Å². The summed E-state index contributed by atoms with van der Waals surface area (Å²) < 4.78 is 5.82. The Hall–Kier alpha value is -2.57. The van der Waals surface area contributed by atoms with Crippen molar-refractivity contribution >= 4 is 29.9 Å². The molecule has 0 aliphatic heterocycles. The number of hydrogen-bond acceptors (Lipinski definition) is 4. The van der Waals surface area contributed by atoms with Gasteiger partial charge in [-0.2, -0.15) is 0 Å². The van der Waals surface area contributed by atoms with Gasteiger partial charge in [-0.05, 0) is 23.6 Å². The van der Waals surface area contributed by atoms with Crippen LogP contribution in [0.4, 0.5) is 5.69 Å². The van der Waals surface area contributed by atoms with Crippen molar-refractivity contribution < 1.29 is 14.3 Å². The molecule has 2 aromatic carbocycles. The zero-order valence-corrected chi connectivity index (χ0v) is 17.0. The average molecular weight is 406 g/mol. The lowest BCUT2D eigenvalue weighted by atomic mass is 10.1. The maximum atomic E-state index is 12.1. The van der Waals surface area contributed by atoms with E-state index in [2.05, 4.69) is 10.6 Å². The van der Waals surface area contributed by atoms with Crippen molar-refractivity contribution in [2.24, 2.45) is 11.7 Å². The summed E-state index contributed by atoms with van der Waals surface area (Å²) in [6, 6.07) is 16.6. The zero-order chi connectivity index (χ0) is 19.6. The third-order valence-corrected chi connectivity index (χ3v) is 4.10. The van der Waals surface area contributed by atoms with E-state index < -0.39 is 6.04 Å². The summed E-state index contributed by atoms with van der Waals surface area (Å²) in [5.41, 5.74) is 7.51. The van der Waals surface area contributed by atoms with Gasteiger partial charge >= 0.3 is 0 Å². The number of ether oxygens (including phenoxy) is 1. The minimum absolute atomic E-state index is 0. The molecule has 2 amide bonds. The minimum Gasteiger partial charge on any atom is -0.491 e. The smallest absolute Gasteiger partial charge is 0.243 e. The normalized spacial score (nSPS) is 11.3. The SMILES string of the molecule is CC(C)[C@H](N)C(=O)NCC(=O)Nc1ccccc1OCCc1ccccc1.Cl. The predicted octanol–water partition coefficient (Wildman–Crippen LogP) is 2.77. The number of para-hydroxylation sites is 2. The molecule has 0 aromatic heterocycles. The maximum Gasteiger partial charge on any atom is 0.243 e. The Morgan fingerprint density at radius 2 is 1.68 bits per heavy atom. The van der Waals surface area contributed by atoms with Gasteiger partial charge in [0, 0.05) is 6.42 Å². The highest BCUT2D eigenvalue weighted by Crippen LogP contribution is 2.23. The fraction of sp³-hybridized carbons (Fsp3) is 0.333. The predicted molar refractivity (Wildman–Crippen MR) is 114 cm³/mol. The van der Waals surface area contributed by atoms with Crippen molar-refractivity contribution in [1.29, 1.82) is 0 Å². The molecule has 1 atom stereocenters. The minimum atomic E-state index is -0.633. The standard InChI is InChI=1S/C21H27N3O3.ClH/c1-15(2)20(22)21(26)23-14-19(25)24-17-10-6-7-11-18(17)27-13-12-16-8-4-3-5-9-16;/h3-11,15,20H,12-14,22H2,1-2H3,(H,23,26)(H,24,25);1H/t20-;/m0./s1. The quantitative estimate of drug-likeness (QED) is 0.598. The van der Waals surface area contributed by atoms with Crippen LogP contribution in [-0.4, -0.2) is 31.0 Å². The van der Waals surface area contributed by atoms with E-state index in [0.29, 0.717) is 18.0 Å². The van der Waals surface area contributed by atoms with Gasteiger partial charge in [-0.15, -0.1) is 12.4 Å². The second-order valence-electron chi connectivity index (χ2n) is 6.62. The molecule has 0 fully saturated rings. The number of halogens is 1. The van der Waals surface area contributed by atoms with Crippen molar-refractivity contribution in [3.8, 4) is 5.75 Å². The van der Waals surface area contributed by atoms with Crippen LogP contribution in [0.25, 0.3) is 0 Å². The van der Waals surface area contributed by atoms with E-state index in [1.54, 1.807) is 12.1 Å². The Morgan fingerprint density at radius 3 is 2.36 bits per heavy atom. The largest absolute Gasteiger partial charge is 0.491 e. The van der Waals surface area contributed by atoms with Crippen LogP contribution in [0.1, 0.15) is 19.4 Å². The molecular weight excluding hydrogens is 378 g/mol. The van der Waals surface area contributed by atoms with E-state index in [9.17, 15) is 9.59 Å². The van der Waals surface area contributed by atoms with E-state index in [0.717, 1.165) is 6.42 Å². The lowest BCUT2D eigenvalue weighted by molar-refractivity contribution is -0.125. The summed E-state index contributed by atoms with van der Waals surface area (Å²) >= 11 is 0. The van der Waals surface area contributed by atoms with Crippen LogP contribution < -0.4 is 21.1 Å². The Morgan fingerprint density at radius 1 is 1.04 bits per heavy atom. The number of carbonyl (C=O) groups is 2. The highest BCUT2D eigenvalue weighted by atomic mass is 35.5. The number of amides is 2. The van der Waals surface area contributed by atoms with E-state index in [1.807, 2.05) is 56.3 Å². The van der Waals surface area contributed by atoms with Gasteiger partial charge in [0.2, 0.25) is 11.8 Å². The Bertz CT molecular complexity index is 754. The lowest BCUT2D eigenvalue weighted by Gasteiger charge is -2.16. The van der Waals surface area contributed by atoms with Crippen LogP contribution in [0.2, 0.25) is 0 Å². The van der Waals surface area contributed by atoms with Crippen LogP contribution in [0.5, 0.6) is 5.75 Å². The third kappa shape index (κ3) is 7.58. The van der Waals surface area contributed by atoms with E-state index >= 15 is 0 Å². The highest BCUT2D eigenvalue weighted by molar-refractivity contribution is 5.96. The number of anilines is 1. The van der Waals surface area contributed by atoms with Crippen LogP contribution in [-0.2, 0) is 16.0 Å². The molecule has 152 valence electrons. The van der Waals surface area contributed by atoms with Gasteiger partial charge in [-0.1, -0.05) is 56.3 Å². The topological polar surface area (TPSA) is 93.5 Å². The maximum absolute atomic E-state index is 12.1. The van der Waals surface area contributed by atoms with Crippen LogP contribution >= 0.6 is 12.4 Å². The molecule has 0 aliphatic rings. The molecule has 28 heavy (non-hydrogen) atoms. The van der Waals surface area contributed by atoms with Gasteiger partial charge in [0.05, 0.1) is 24.9 Å². The number of rotatable bonds is 9. The van der Waals surface area contributed by atoms with Crippen molar-refractivity contribution in [3.05, 3.63) is 60.2 Å². The summed E-state index contributed by atoms with van der Waals surface area (Å²) in [7, 11) is 0. The van der Waals surface area contributed by atoms with E-state index in [4.69, 9.17) is 10.5 Å². The molecular formula is C21H28ClN3O3. The molecule has 0 heterocycles. The number of benzene rings is 2. The fourth-order valence-electron chi connectivity index (χ4n) is 2.40. The van der Waals surface area contributed by atoms with E-state index in [-0.39, 0.29) is 36.7 Å². The molecule has 2 aromatic rings. The first kappa shape index (κ1) is 23.5. The average Bonchev–Trinajstić information content (AvgIpc) is 2.67. The molecule has 0 radical (unpaired) electrons. The molecule has 6 nitrogen and oxygen atoms in total. The Kier molecular flexibility index (Phi) is 10.1. The fourth-order valence-corrected chi connectivity index (χ4v) is 2.40. The first-order chi connectivity index (χ1) is 13.0. The molecule has 0 saturated heterocycles. The van der Waals surface area contributed by atoms with Gasteiger partial charge in [0.25, 0.3) is 0 Å². The van der Waals surface area contributed by atoms with Crippen molar-refractivity contribution in [2.75, 3.05) is 18.5 Å². The highest BCUT2D eigenvalue weighted by Gasteiger charge is 2.18. The molecule has 0 unspecified atom stereocenters. The van der Waals surface area contributed by atoms with Crippen molar-refractivity contribution in [2.45, 2.75) is 26.3 Å². The van der Waals surface area contributed by atoms with Gasteiger partial charge in [-0.3, -0.25) is 9.59 Å². The first-order valence-corrected chi connectivity index (χ1v) is 9.06. The second-order valence-corrected chi connectivity index (χ2v) is 6.62. The number of hydrogen-bond donors (Lipinski definition) is 3. The molecule has 0 saturated carbocycles. The van der Waals surface area contributed by atoms with Crippen LogP contribution in [0, 0.1) is 5.92 Å². The third-order valence-electron chi connectivity index (χ3n) is 4.10. The number of nitrogens with one attached hydrogen (secondary N) is 2. The van der Waals surface area contributed by atoms with Crippen LogP contribution in [0.3, 0.4) is 0 Å². The summed E-state index contributed by atoms with van der Waals surface area (Å²) in [5.74, 6) is -0.0789.